The van der Waals surface area contributed by atoms with E-state index in [1.54, 1.807) is 0 Å². The Morgan fingerprint density at radius 3 is 2.23 bits per heavy atom. The molecule has 0 aliphatic heterocycles. The van der Waals surface area contributed by atoms with Gasteiger partial charge in [0.05, 0.1) is 16.3 Å². The summed E-state index contributed by atoms with van der Waals surface area (Å²) in [6.07, 6.45) is -4.16. The first-order chi connectivity index (χ1) is 11.8. The molecule has 0 saturated carbocycles. The van der Waals surface area contributed by atoms with Crippen molar-refractivity contribution in [1.82, 2.24) is 4.98 Å². The first-order valence-corrected chi connectivity index (χ1v) is 9.08. The summed E-state index contributed by atoms with van der Waals surface area (Å²) < 4.78 is 99.2. The molecule has 0 aliphatic carbocycles. The van der Waals surface area contributed by atoms with Gasteiger partial charge in [-0.3, -0.25) is 4.72 Å². The van der Waals surface area contributed by atoms with E-state index in [0.29, 0.717) is 24.0 Å². The number of halogens is 7. The first-order valence-electron chi connectivity index (χ1n) is 6.40. The minimum absolute atomic E-state index is 0.0329. The molecule has 1 aromatic carbocycles. The van der Waals surface area contributed by atoms with E-state index in [1.807, 2.05) is 0 Å². The van der Waals surface area contributed by atoms with Crippen molar-refractivity contribution in [3.63, 3.8) is 0 Å². The third-order valence-corrected chi connectivity index (χ3v) is 5.37. The van der Waals surface area contributed by atoms with E-state index in [4.69, 9.17) is 11.6 Å². The number of nitrogens with zero attached hydrogens (tertiary/aromatic N) is 1. The van der Waals surface area contributed by atoms with Crippen LogP contribution in [0.2, 0.25) is 5.02 Å². The van der Waals surface area contributed by atoms with Crippen molar-refractivity contribution < 1.29 is 34.8 Å². The molecule has 0 spiro atoms. The average molecular weight is 437 g/mol. The molecule has 13 heteroatoms. The molecule has 142 valence electrons. The van der Waals surface area contributed by atoms with Gasteiger partial charge < -0.3 is 0 Å². The molecule has 2 aromatic rings. The minimum atomic E-state index is -5.67. The minimum Gasteiger partial charge on any atom is -0.275 e. The summed E-state index contributed by atoms with van der Waals surface area (Å²) in [6, 6.07) is 5.60. The van der Waals surface area contributed by atoms with E-state index in [0.717, 1.165) is 6.07 Å². The van der Waals surface area contributed by atoms with Crippen LogP contribution in [0.1, 0.15) is 5.56 Å². The number of sulfonamides is 1. The van der Waals surface area contributed by atoms with Crippen LogP contribution < -0.4 is 4.72 Å². The van der Waals surface area contributed by atoms with Crippen LogP contribution in [0, 0.1) is 0 Å². The van der Waals surface area contributed by atoms with Crippen molar-refractivity contribution in [2.75, 3.05) is 4.72 Å². The molecular weight excluding hydrogens is 430 g/mol. The lowest BCUT2D eigenvalue weighted by atomic mass is 10.3. The average Bonchev–Trinajstić information content (AvgIpc) is 2.48. The molecule has 2 rings (SSSR count). The molecule has 0 radical (unpaired) electrons. The van der Waals surface area contributed by atoms with Crippen molar-refractivity contribution in [3.8, 4) is 0 Å². The first kappa shape index (κ1) is 20.6. The Morgan fingerprint density at radius 1 is 1.08 bits per heavy atom. The van der Waals surface area contributed by atoms with Crippen LogP contribution in [0.15, 0.2) is 46.5 Å². The summed E-state index contributed by atoms with van der Waals surface area (Å²) in [5.41, 5.74) is -7.06. The van der Waals surface area contributed by atoms with Crippen LogP contribution in [0.5, 0.6) is 0 Å². The van der Waals surface area contributed by atoms with Gasteiger partial charge in [-0.15, -0.1) is 0 Å². The van der Waals surface area contributed by atoms with Gasteiger partial charge in [-0.25, -0.2) is 4.98 Å². The van der Waals surface area contributed by atoms with E-state index in [1.165, 1.54) is 22.9 Å². The molecule has 26 heavy (non-hydrogen) atoms. The Labute approximate surface area is 152 Å². The predicted octanol–water partition coefficient (Wildman–Crippen LogP) is 5.17. The smallest absolute Gasteiger partial charge is 0.275 e. The van der Waals surface area contributed by atoms with Crippen LogP contribution in [-0.2, 0) is 16.2 Å². The number of nitrogens with one attached hydrogen (secondary N) is 1. The third-order valence-electron chi connectivity index (χ3n) is 2.78. The highest BCUT2D eigenvalue weighted by atomic mass is 35.5. The van der Waals surface area contributed by atoms with Crippen molar-refractivity contribution in [2.45, 2.75) is 21.6 Å². The number of alkyl halides is 6. The highest BCUT2D eigenvalue weighted by molar-refractivity contribution is 7.99. The number of anilines is 1. The molecule has 1 N–H and O–H groups in total. The summed E-state index contributed by atoms with van der Waals surface area (Å²) in [7, 11) is -5.67. The van der Waals surface area contributed by atoms with Crippen molar-refractivity contribution >= 4 is 39.1 Å². The number of hydrogen-bond donors (Lipinski definition) is 1. The second kappa shape index (κ2) is 7.16. The lowest BCUT2D eigenvalue weighted by Crippen LogP contribution is -2.30. The standard InChI is InChI=1S/C13H7ClF6N2O2S2/c14-8-5-7(12(15,16)17)6-21-11(8)25-10-4-2-1-3-9(10)22-26(23,24)13(18,19)20/h1-6,22H. The predicted molar refractivity (Wildman–Crippen MR) is 83.4 cm³/mol. The lowest BCUT2D eigenvalue weighted by molar-refractivity contribution is -0.137. The molecule has 0 aliphatic rings. The van der Waals surface area contributed by atoms with Gasteiger partial charge in [-0.2, -0.15) is 34.8 Å². The van der Waals surface area contributed by atoms with Gasteiger partial charge >= 0.3 is 21.7 Å². The number of benzene rings is 1. The summed E-state index contributed by atoms with van der Waals surface area (Å²) in [5.74, 6) is 0. The maximum atomic E-state index is 12.6. The summed E-state index contributed by atoms with van der Waals surface area (Å²) in [4.78, 5) is 3.50. The molecule has 0 fully saturated rings. The molecule has 0 atom stereocenters. The van der Waals surface area contributed by atoms with E-state index < -0.39 is 38.0 Å². The largest absolute Gasteiger partial charge is 0.516 e. The fraction of sp³-hybridized carbons (Fsp3) is 0.154. The zero-order valence-corrected chi connectivity index (χ0v) is 14.6. The summed E-state index contributed by atoms with van der Waals surface area (Å²) >= 11 is 6.35. The molecule has 4 nitrogen and oxygen atoms in total. The summed E-state index contributed by atoms with van der Waals surface area (Å²) in [5, 5.41) is -0.531. The van der Waals surface area contributed by atoms with Gasteiger partial charge in [0.15, 0.2) is 0 Å². The highest BCUT2D eigenvalue weighted by Gasteiger charge is 2.46. The molecule has 0 amide bonds. The van der Waals surface area contributed by atoms with Crippen LogP contribution in [0.3, 0.4) is 0 Å². The third kappa shape index (κ3) is 4.74. The molecule has 0 saturated heterocycles. The van der Waals surface area contributed by atoms with Crippen LogP contribution in [-0.4, -0.2) is 18.9 Å². The van der Waals surface area contributed by atoms with Gasteiger partial charge in [-0.05, 0) is 18.2 Å². The Balaban J connectivity index is 2.35. The SMILES string of the molecule is O=S(=O)(Nc1ccccc1Sc1ncc(C(F)(F)F)cc1Cl)C(F)(F)F. The number of hydrogen-bond acceptors (Lipinski definition) is 4. The molecule has 1 aromatic heterocycles. The van der Waals surface area contributed by atoms with Gasteiger partial charge in [0.25, 0.3) is 0 Å². The van der Waals surface area contributed by atoms with E-state index >= 15 is 0 Å². The Morgan fingerprint density at radius 2 is 1.69 bits per heavy atom. The number of para-hydroxylation sites is 1. The normalized spacial score (nSPS) is 12.9. The Hall–Kier alpha value is -1.66. The number of pyridine rings is 1. The van der Waals surface area contributed by atoms with Crippen LogP contribution >= 0.6 is 23.4 Å². The summed E-state index contributed by atoms with van der Waals surface area (Å²) in [6.45, 7) is 0. The maximum Gasteiger partial charge on any atom is 0.516 e. The van der Waals surface area contributed by atoms with E-state index in [9.17, 15) is 34.8 Å². The molecule has 0 unspecified atom stereocenters. The van der Waals surface area contributed by atoms with E-state index in [-0.39, 0.29) is 9.92 Å². The van der Waals surface area contributed by atoms with Gasteiger partial charge in [-0.1, -0.05) is 35.5 Å². The fourth-order valence-electron chi connectivity index (χ4n) is 1.60. The number of aromatic nitrogens is 1. The molecular formula is C13H7ClF6N2O2S2. The van der Waals surface area contributed by atoms with Crippen LogP contribution in [0.25, 0.3) is 0 Å². The topological polar surface area (TPSA) is 59.1 Å². The second-order valence-electron chi connectivity index (χ2n) is 4.66. The van der Waals surface area contributed by atoms with Gasteiger partial charge in [0.2, 0.25) is 0 Å². The van der Waals surface area contributed by atoms with Crippen molar-refractivity contribution in [1.29, 1.82) is 0 Å². The van der Waals surface area contributed by atoms with Crippen molar-refractivity contribution in [3.05, 3.63) is 47.1 Å². The second-order valence-corrected chi connectivity index (χ2v) is 7.77. The zero-order valence-electron chi connectivity index (χ0n) is 12.2. The fourth-order valence-corrected chi connectivity index (χ4v) is 3.38. The number of rotatable bonds is 4. The van der Waals surface area contributed by atoms with Crippen molar-refractivity contribution in [2.24, 2.45) is 0 Å². The van der Waals surface area contributed by atoms with E-state index in [2.05, 4.69) is 4.98 Å². The zero-order chi connectivity index (χ0) is 19.8. The van der Waals surface area contributed by atoms with Crippen LogP contribution in [0.4, 0.5) is 32.0 Å². The monoisotopic (exact) mass is 436 g/mol. The molecule has 0 bridgehead atoms. The van der Waals surface area contributed by atoms with Gasteiger partial charge in [0, 0.05) is 11.1 Å². The Kier molecular flexibility index (Phi) is 5.69. The Bertz CT molecular complexity index is 916. The quantitative estimate of drug-likeness (QED) is 0.672. The highest BCUT2D eigenvalue weighted by Crippen LogP contribution is 2.39. The maximum absolute atomic E-state index is 12.6. The molecule has 1 heterocycles. The van der Waals surface area contributed by atoms with Gasteiger partial charge in [0.1, 0.15) is 5.03 Å². The lowest BCUT2D eigenvalue weighted by Gasteiger charge is -2.14.